The molecule has 1 aliphatic rings. The Hall–Kier alpha value is -0.610. The lowest BCUT2D eigenvalue weighted by Crippen LogP contribution is -2.08. The largest absolute Gasteiger partial charge is 0.223 e. The molecule has 2 nitrogen and oxygen atoms in total. The van der Waals surface area contributed by atoms with Gasteiger partial charge in [-0.15, -0.1) is 0 Å². The van der Waals surface area contributed by atoms with Crippen LogP contribution in [-0.2, 0) is 9.84 Å². The average molecular weight is 301 g/mol. The van der Waals surface area contributed by atoms with E-state index >= 15 is 0 Å². The molecule has 0 spiro atoms. The number of hydrogen-bond acceptors (Lipinski definition) is 2. The molecule has 1 aliphatic carbocycles. The number of rotatable bonds is 3. The van der Waals surface area contributed by atoms with Crippen LogP contribution in [0, 0.1) is 0 Å². The second-order valence-electron chi connectivity index (χ2n) is 3.97. The lowest BCUT2D eigenvalue weighted by molar-refractivity contribution is 0.597. The van der Waals surface area contributed by atoms with Crippen molar-refractivity contribution in [3.63, 3.8) is 0 Å². The van der Waals surface area contributed by atoms with Crippen molar-refractivity contribution in [3.05, 3.63) is 40.4 Å². The van der Waals surface area contributed by atoms with Crippen molar-refractivity contribution in [1.29, 1.82) is 0 Å². The summed E-state index contributed by atoms with van der Waals surface area (Å²) >= 11 is 3.29. The Morgan fingerprint density at radius 2 is 1.88 bits per heavy atom. The molecule has 0 atom stereocenters. The highest BCUT2D eigenvalue weighted by molar-refractivity contribution is 9.10. The number of hydrogen-bond donors (Lipinski definition) is 0. The Balaban J connectivity index is 2.21. The van der Waals surface area contributed by atoms with E-state index in [9.17, 15) is 8.42 Å². The van der Waals surface area contributed by atoms with E-state index in [1.807, 2.05) is 0 Å². The fraction of sp³-hybridized carbons (Fsp3) is 0.333. The molecule has 16 heavy (non-hydrogen) atoms. The predicted octanol–water partition coefficient (Wildman–Crippen LogP) is 3.33. The van der Waals surface area contributed by atoms with E-state index in [0.29, 0.717) is 4.90 Å². The van der Waals surface area contributed by atoms with Crippen molar-refractivity contribution < 1.29 is 8.42 Å². The van der Waals surface area contributed by atoms with Crippen molar-refractivity contribution in [1.82, 2.24) is 0 Å². The molecular formula is C12H13BrO2S. The van der Waals surface area contributed by atoms with Gasteiger partial charge in [0.15, 0.2) is 9.84 Å². The summed E-state index contributed by atoms with van der Waals surface area (Å²) in [6.07, 6.45) is 5.09. The predicted molar refractivity (Wildman–Crippen MR) is 68.1 cm³/mol. The summed E-state index contributed by atoms with van der Waals surface area (Å²) in [6.45, 7) is 0. The Labute approximate surface area is 104 Å². The van der Waals surface area contributed by atoms with Crippen LogP contribution < -0.4 is 0 Å². The number of allylic oxidation sites excluding steroid dienone is 1. The molecule has 0 unspecified atom stereocenters. The van der Waals surface area contributed by atoms with E-state index in [4.69, 9.17) is 0 Å². The minimum atomic E-state index is -3.15. The van der Waals surface area contributed by atoms with Gasteiger partial charge in [0.1, 0.15) is 0 Å². The Morgan fingerprint density at radius 1 is 1.19 bits per heavy atom. The van der Waals surface area contributed by atoms with E-state index in [1.54, 1.807) is 24.3 Å². The third kappa shape index (κ3) is 2.74. The van der Waals surface area contributed by atoms with Gasteiger partial charge in [-0.05, 0) is 43.5 Å². The molecule has 0 fully saturated rings. The number of sulfone groups is 1. The topological polar surface area (TPSA) is 34.1 Å². The van der Waals surface area contributed by atoms with Crippen LogP contribution in [0.25, 0.3) is 0 Å². The fourth-order valence-electron chi connectivity index (χ4n) is 1.84. The average Bonchev–Trinajstić information content (AvgIpc) is 2.70. The van der Waals surface area contributed by atoms with Gasteiger partial charge in [-0.25, -0.2) is 8.42 Å². The van der Waals surface area contributed by atoms with Gasteiger partial charge in [0, 0.05) is 4.47 Å². The molecule has 1 aromatic rings. The molecule has 0 heterocycles. The molecule has 4 heteroatoms. The lowest BCUT2D eigenvalue weighted by Gasteiger charge is -2.05. The summed E-state index contributed by atoms with van der Waals surface area (Å²) in [7, 11) is -3.15. The van der Waals surface area contributed by atoms with Crippen LogP contribution >= 0.6 is 15.9 Å². The molecule has 0 saturated carbocycles. The first-order chi connectivity index (χ1) is 7.58. The van der Waals surface area contributed by atoms with E-state index in [0.717, 1.165) is 29.3 Å². The van der Waals surface area contributed by atoms with E-state index in [2.05, 4.69) is 22.0 Å². The Bertz CT molecular complexity index is 500. The molecule has 0 bridgehead atoms. The maximum Gasteiger partial charge on any atom is 0.182 e. The first-order valence-electron chi connectivity index (χ1n) is 5.24. The molecule has 0 aliphatic heterocycles. The molecule has 0 radical (unpaired) electrons. The summed E-state index contributed by atoms with van der Waals surface area (Å²) < 4.78 is 25.0. The zero-order chi connectivity index (χ0) is 11.6. The quantitative estimate of drug-likeness (QED) is 0.803. The van der Waals surface area contributed by atoms with Crippen LogP contribution in [0.5, 0.6) is 0 Å². The molecule has 86 valence electrons. The number of halogens is 1. The monoisotopic (exact) mass is 300 g/mol. The summed E-state index contributed by atoms with van der Waals surface area (Å²) in [5.74, 6) is 0.175. The highest BCUT2D eigenvalue weighted by atomic mass is 79.9. The third-order valence-corrected chi connectivity index (χ3v) is 4.95. The van der Waals surface area contributed by atoms with Gasteiger partial charge in [0.2, 0.25) is 0 Å². The van der Waals surface area contributed by atoms with Crippen molar-refractivity contribution in [2.24, 2.45) is 0 Å². The van der Waals surface area contributed by atoms with Crippen molar-refractivity contribution in [3.8, 4) is 0 Å². The lowest BCUT2D eigenvalue weighted by atomic mass is 10.3. The molecule has 0 N–H and O–H groups in total. The van der Waals surface area contributed by atoms with Gasteiger partial charge >= 0.3 is 0 Å². The zero-order valence-corrected chi connectivity index (χ0v) is 11.2. The normalized spacial score (nSPS) is 16.2. The maximum atomic E-state index is 12.0. The molecule has 0 aromatic heterocycles. The van der Waals surface area contributed by atoms with Gasteiger partial charge in [0.05, 0.1) is 10.6 Å². The first-order valence-corrected chi connectivity index (χ1v) is 7.69. The second-order valence-corrected chi connectivity index (χ2v) is 6.87. The van der Waals surface area contributed by atoms with E-state index < -0.39 is 9.84 Å². The van der Waals surface area contributed by atoms with Crippen LogP contribution in [0.1, 0.15) is 19.3 Å². The standard InChI is InChI=1S/C12H13BrO2S/c13-11-5-7-12(8-6-11)16(14,15)9-10-3-1-2-4-10/h3,5-8H,1-2,4,9H2. The highest BCUT2D eigenvalue weighted by Gasteiger charge is 2.18. The van der Waals surface area contributed by atoms with Gasteiger partial charge in [-0.1, -0.05) is 27.6 Å². The Kier molecular flexibility index (Phi) is 3.50. The zero-order valence-electron chi connectivity index (χ0n) is 8.82. The molecule has 0 saturated heterocycles. The van der Waals surface area contributed by atoms with Crippen LogP contribution in [-0.4, -0.2) is 14.2 Å². The summed E-state index contributed by atoms with van der Waals surface area (Å²) in [6, 6.07) is 6.82. The minimum absolute atomic E-state index is 0.175. The second kappa shape index (κ2) is 4.72. The van der Waals surface area contributed by atoms with Crippen molar-refractivity contribution in [2.45, 2.75) is 24.2 Å². The van der Waals surface area contributed by atoms with E-state index in [1.165, 1.54) is 0 Å². The molecule has 1 aromatic carbocycles. The van der Waals surface area contributed by atoms with E-state index in [-0.39, 0.29) is 5.75 Å². The molecule has 0 amide bonds. The summed E-state index contributed by atoms with van der Waals surface area (Å²) in [5, 5.41) is 0. The minimum Gasteiger partial charge on any atom is -0.223 e. The van der Waals surface area contributed by atoms with Crippen LogP contribution in [0.3, 0.4) is 0 Å². The van der Waals surface area contributed by atoms with Gasteiger partial charge < -0.3 is 0 Å². The van der Waals surface area contributed by atoms with Crippen molar-refractivity contribution in [2.75, 3.05) is 5.75 Å². The third-order valence-electron chi connectivity index (χ3n) is 2.68. The SMILES string of the molecule is O=S(=O)(CC1=CCCC1)c1ccc(Br)cc1. The fourth-order valence-corrected chi connectivity index (χ4v) is 3.57. The van der Waals surface area contributed by atoms with Crippen LogP contribution in [0.15, 0.2) is 45.3 Å². The maximum absolute atomic E-state index is 12.0. The van der Waals surface area contributed by atoms with Crippen LogP contribution in [0.4, 0.5) is 0 Å². The van der Waals surface area contributed by atoms with Gasteiger partial charge in [-0.3, -0.25) is 0 Å². The van der Waals surface area contributed by atoms with Crippen molar-refractivity contribution >= 4 is 25.8 Å². The smallest absolute Gasteiger partial charge is 0.182 e. The van der Waals surface area contributed by atoms with Gasteiger partial charge in [0.25, 0.3) is 0 Å². The number of benzene rings is 1. The molecular weight excluding hydrogens is 288 g/mol. The van der Waals surface area contributed by atoms with Crippen LogP contribution in [0.2, 0.25) is 0 Å². The Morgan fingerprint density at radius 3 is 2.44 bits per heavy atom. The summed E-state index contributed by atoms with van der Waals surface area (Å²) in [4.78, 5) is 0.406. The first kappa shape index (κ1) is 11.9. The van der Waals surface area contributed by atoms with Gasteiger partial charge in [-0.2, -0.15) is 0 Å². The molecule has 2 rings (SSSR count). The highest BCUT2D eigenvalue weighted by Crippen LogP contribution is 2.23. The summed E-state index contributed by atoms with van der Waals surface area (Å²) in [5.41, 5.74) is 1.06.